The molecule has 1 aliphatic rings. The lowest BCUT2D eigenvalue weighted by Gasteiger charge is -2.31. The van der Waals surface area contributed by atoms with Crippen molar-refractivity contribution < 1.29 is 13.9 Å². The number of carbonyl (C=O) groups is 1. The van der Waals surface area contributed by atoms with Crippen molar-refractivity contribution in [3.8, 4) is 5.75 Å². The number of aromatic nitrogens is 2. The van der Waals surface area contributed by atoms with Gasteiger partial charge in [-0.3, -0.25) is 4.79 Å². The molecule has 2 N–H and O–H groups in total. The Kier molecular flexibility index (Phi) is 5.53. The Bertz CT molecular complexity index is 1010. The number of anilines is 1. The van der Waals surface area contributed by atoms with Crippen LogP contribution in [0.2, 0.25) is 0 Å². The second kappa shape index (κ2) is 8.24. The molecule has 1 saturated heterocycles. The van der Waals surface area contributed by atoms with Gasteiger partial charge >= 0.3 is 0 Å². The fourth-order valence-electron chi connectivity index (χ4n) is 3.70. The number of hydrogen-bond donors (Lipinski definition) is 1. The summed E-state index contributed by atoms with van der Waals surface area (Å²) < 4.78 is 11.3. The van der Waals surface area contributed by atoms with Crippen molar-refractivity contribution in [1.82, 2.24) is 14.9 Å². The summed E-state index contributed by atoms with van der Waals surface area (Å²) in [6.45, 7) is 3.14. The predicted molar refractivity (Wildman–Crippen MR) is 111 cm³/mol. The van der Waals surface area contributed by atoms with Crippen LogP contribution in [-0.2, 0) is 6.42 Å². The average molecular weight is 413 g/mol. The summed E-state index contributed by atoms with van der Waals surface area (Å²) in [5, 5.41) is 0.425. The predicted octanol–water partition coefficient (Wildman–Crippen LogP) is 3.64. The molecule has 1 aromatic carbocycles. The van der Waals surface area contributed by atoms with E-state index in [2.05, 4.69) is 9.97 Å². The first-order valence-electron chi connectivity index (χ1n) is 9.63. The van der Waals surface area contributed by atoms with Crippen molar-refractivity contribution in [3.05, 3.63) is 58.2 Å². The summed E-state index contributed by atoms with van der Waals surface area (Å²) in [6, 6.07) is 7.91. The van der Waals surface area contributed by atoms with E-state index in [4.69, 9.17) is 14.9 Å². The molecular formula is C21H24N4O3S. The van der Waals surface area contributed by atoms with Crippen molar-refractivity contribution in [3.63, 3.8) is 0 Å². The maximum atomic E-state index is 12.9. The highest BCUT2D eigenvalue weighted by atomic mass is 32.1. The van der Waals surface area contributed by atoms with E-state index in [1.54, 1.807) is 13.3 Å². The molecule has 3 aromatic rings. The lowest BCUT2D eigenvalue weighted by molar-refractivity contribution is 0.0702. The van der Waals surface area contributed by atoms with Crippen LogP contribution in [0.1, 0.15) is 51.3 Å². The summed E-state index contributed by atoms with van der Waals surface area (Å²) in [6.07, 6.45) is 4.30. The number of likely N-dealkylation sites (tertiary alicyclic amines) is 1. The van der Waals surface area contributed by atoms with Crippen molar-refractivity contribution in [2.24, 2.45) is 0 Å². The van der Waals surface area contributed by atoms with Crippen LogP contribution < -0.4 is 10.5 Å². The zero-order chi connectivity index (χ0) is 20.4. The molecule has 1 fully saturated rings. The van der Waals surface area contributed by atoms with Gasteiger partial charge in [-0.15, -0.1) is 0 Å². The third-order valence-electron chi connectivity index (χ3n) is 5.15. The first kappa shape index (κ1) is 19.4. The summed E-state index contributed by atoms with van der Waals surface area (Å²) in [5.41, 5.74) is 7.55. The molecule has 1 amide bonds. The molecule has 8 heteroatoms. The van der Waals surface area contributed by atoms with Crippen LogP contribution in [0.3, 0.4) is 0 Å². The molecule has 0 spiro atoms. The summed E-state index contributed by atoms with van der Waals surface area (Å²) in [5.74, 6) is 2.41. The number of carbonyl (C=O) groups excluding carboxylic acids is 1. The van der Waals surface area contributed by atoms with Gasteiger partial charge < -0.3 is 19.8 Å². The molecule has 0 saturated carbocycles. The van der Waals surface area contributed by atoms with Gasteiger partial charge in [-0.1, -0.05) is 23.5 Å². The number of piperidine rings is 1. The number of aryl methyl sites for hydroxylation is 1. The number of oxazole rings is 1. The number of nitrogens with two attached hydrogens (primary N) is 1. The van der Waals surface area contributed by atoms with Crippen molar-refractivity contribution in [1.29, 1.82) is 0 Å². The Morgan fingerprint density at radius 3 is 3.07 bits per heavy atom. The molecule has 0 radical (unpaired) electrons. The van der Waals surface area contributed by atoms with Crippen LogP contribution in [0, 0.1) is 6.92 Å². The van der Waals surface area contributed by atoms with Gasteiger partial charge in [0.25, 0.3) is 5.91 Å². The molecule has 0 bridgehead atoms. The number of benzene rings is 1. The van der Waals surface area contributed by atoms with Gasteiger partial charge in [0.2, 0.25) is 0 Å². The lowest BCUT2D eigenvalue weighted by Crippen LogP contribution is -2.39. The van der Waals surface area contributed by atoms with Crippen LogP contribution in [0.25, 0.3) is 0 Å². The summed E-state index contributed by atoms with van der Waals surface area (Å²) in [7, 11) is 1.66. The minimum Gasteiger partial charge on any atom is -0.497 e. The van der Waals surface area contributed by atoms with Gasteiger partial charge in [-0.2, -0.15) is 0 Å². The average Bonchev–Trinajstić information content (AvgIpc) is 3.33. The van der Waals surface area contributed by atoms with Gasteiger partial charge in [0.1, 0.15) is 16.4 Å². The van der Waals surface area contributed by atoms with Crippen molar-refractivity contribution in [2.75, 3.05) is 25.9 Å². The highest BCUT2D eigenvalue weighted by Gasteiger charge is 2.30. The van der Waals surface area contributed by atoms with E-state index in [9.17, 15) is 4.79 Å². The molecular weight excluding hydrogens is 388 g/mol. The van der Waals surface area contributed by atoms with Crippen LogP contribution >= 0.6 is 11.3 Å². The Balaban J connectivity index is 1.45. The molecule has 0 aliphatic carbocycles. The minimum atomic E-state index is -0.00967. The molecule has 1 unspecified atom stereocenters. The van der Waals surface area contributed by atoms with E-state index in [0.29, 0.717) is 34.6 Å². The van der Waals surface area contributed by atoms with Gasteiger partial charge in [-0.25, -0.2) is 9.97 Å². The fourth-order valence-corrected chi connectivity index (χ4v) is 4.50. The lowest BCUT2D eigenvalue weighted by atomic mass is 9.98. The quantitative estimate of drug-likeness (QED) is 0.687. The number of rotatable bonds is 5. The zero-order valence-corrected chi connectivity index (χ0v) is 17.4. The van der Waals surface area contributed by atoms with Gasteiger partial charge in [0.15, 0.2) is 11.0 Å². The topological polar surface area (TPSA) is 94.5 Å². The summed E-state index contributed by atoms with van der Waals surface area (Å²) >= 11 is 1.25. The third kappa shape index (κ3) is 4.27. The van der Waals surface area contributed by atoms with E-state index >= 15 is 0 Å². The standard InChI is InChI=1S/C21H24N4O3S/c1-13-18(29-21(22)24-13)20(26)25-8-4-6-15(12-25)19-23-11-17(28-19)10-14-5-3-7-16(9-14)27-2/h3,5,7,9,11,15H,4,6,8,10,12H2,1-2H3,(H2,22,24). The number of nitrogen functional groups attached to an aromatic ring is 1. The van der Waals surface area contributed by atoms with E-state index in [-0.39, 0.29) is 11.8 Å². The van der Waals surface area contributed by atoms with Crippen LogP contribution in [0.15, 0.2) is 34.9 Å². The normalized spacial score (nSPS) is 16.8. The Morgan fingerprint density at radius 1 is 1.45 bits per heavy atom. The molecule has 1 atom stereocenters. The van der Waals surface area contributed by atoms with Crippen LogP contribution in [0.5, 0.6) is 5.75 Å². The zero-order valence-electron chi connectivity index (χ0n) is 16.6. The summed E-state index contributed by atoms with van der Waals surface area (Å²) in [4.78, 5) is 24.0. The van der Waals surface area contributed by atoms with E-state index in [1.165, 1.54) is 11.3 Å². The van der Waals surface area contributed by atoms with E-state index in [0.717, 1.165) is 36.5 Å². The molecule has 29 heavy (non-hydrogen) atoms. The largest absolute Gasteiger partial charge is 0.497 e. The third-order valence-corrected chi connectivity index (χ3v) is 6.12. The Hall–Kier alpha value is -2.87. The first-order valence-corrected chi connectivity index (χ1v) is 10.4. The first-order chi connectivity index (χ1) is 14.0. The number of ether oxygens (including phenoxy) is 1. The monoisotopic (exact) mass is 412 g/mol. The van der Waals surface area contributed by atoms with Gasteiger partial charge in [0.05, 0.1) is 24.9 Å². The van der Waals surface area contributed by atoms with Gasteiger partial charge in [0, 0.05) is 19.5 Å². The molecule has 1 aliphatic heterocycles. The number of hydrogen-bond acceptors (Lipinski definition) is 7. The highest BCUT2D eigenvalue weighted by molar-refractivity contribution is 7.17. The maximum absolute atomic E-state index is 12.9. The second-order valence-corrected chi connectivity index (χ2v) is 8.28. The molecule has 3 heterocycles. The number of methoxy groups -OCH3 is 1. The van der Waals surface area contributed by atoms with E-state index in [1.807, 2.05) is 36.1 Å². The molecule has 7 nitrogen and oxygen atoms in total. The Morgan fingerprint density at radius 2 is 2.31 bits per heavy atom. The van der Waals surface area contributed by atoms with Crippen molar-refractivity contribution in [2.45, 2.75) is 32.1 Å². The van der Waals surface area contributed by atoms with E-state index < -0.39 is 0 Å². The fraction of sp³-hybridized carbons (Fsp3) is 0.381. The van der Waals surface area contributed by atoms with Crippen molar-refractivity contribution >= 4 is 22.4 Å². The molecule has 4 rings (SSSR count). The SMILES string of the molecule is COc1cccc(Cc2cnc(C3CCCN(C(=O)c4sc(N)nc4C)C3)o2)c1. The smallest absolute Gasteiger partial charge is 0.265 e. The van der Waals surface area contributed by atoms with Gasteiger partial charge in [-0.05, 0) is 37.5 Å². The van der Waals surface area contributed by atoms with Crippen LogP contribution in [-0.4, -0.2) is 41.0 Å². The molecule has 2 aromatic heterocycles. The Labute approximate surface area is 173 Å². The second-order valence-electron chi connectivity index (χ2n) is 7.25. The minimum absolute atomic E-state index is 0.00967. The molecule has 152 valence electrons. The number of thiazole rings is 1. The highest BCUT2D eigenvalue weighted by Crippen LogP contribution is 2.30. The number of amides is 1. The van der Waals surface area contributed by atoms with Crippen LogP contribution in [0.4, 0.5) is 5.13 Å². The number of nitrogens with zero attached hydrogens (tertiary/aromatic N) is 3. The maximum Gasteiger partial charge on any atom is 0.265 e.